The zero-order chi connectivity index (χ0) is 31.9. The second-order valence-electron chi connectivity index (χ2n) is 11.0. The topological polar surface area (TPSA) is 105 Å². The van der Waals surface area contributed by atoms with Gasteiger partial charge in [-0.05, 0) is 68.7 Å². The lowest BCUT2D eigenvalue weighted by molar-refractivity contribution is -0.139. The van der Waals surface area contributed by atoms with Crippen LogP contribution in [0.3, 0.4) is 0 Å². The quantitative estimate of drug-likeness (QED) is 0.257. The van der Waals surface area contributed by atoms with Crippen molar-refractivity contribution in [3.63, 3.8) is 0 Å². The van der Waals surface area contributed by atoms with Gasteiger partial charge in [-0.1, -0.05) is 65.0 Å². The van der Waals surface area contributed by atoms with E-state index in [0.717, 1.165) is 52.0 Å². The highest BCUT2D eigenvalue weighted by Crippen LogP contribution is 2.34. The summed E-state index contributed by atoms with van der Waals surface area (Å²) in [5, 5.41) is 3.12. The van der Waals surface area contributed by atoms with Crippen molar-refractivity contribution in [1.82, 2.24) is 10.2 Å². The Hall–Kier alpha value is -3.57. The van der Waals surface area contributed by atoms with E-state index in [4.69, 9.17) is 9.47 Å². The fourth-order valence-corrected chi connectivity index (χ4v) is 7.18. The maximum absolute atomic E-state index is 14.2. The Kier molecular flexibility index (Phi) is 11.3. The molecule has 0 heterocycles. The van der Waals surface area contributed by atoms with Crippen LogP contribution in [0.15, 0.2) is 76.1 Å². The van der Waals surface area contributed by atoms with E-state index in [1.54, 1.807) is 31.2 Å². The van der Waals surface area contributed by atoms with Crippen molar-refractivity contribution in [3.8, 4) is 11.5 Å². The van der Waals surface area contributed by atoms with Crippen molar-refractivity contribution >= 4 is 43.5 Å². The number of nitrogens with one attached hydrogen (secondary N) is 1. The largest absolute Gasteiger partial charge is 0.493 e. The molecular weight excluding hydrogens is 646 g/mol. The van der Waals surface area contributed by atoms with Crippen LogP contribution in [0.4, 0.5) is 5.69 Å². The van der Waals surface area contributed by atoms with Gasteiger partial charge in [-0.15, -0.1) is 0 Å². The molecular formula is C33H40BrN3O6S. The van der Waals surface area contributed by atoms with Gasteiger partial charge in [0.15, 0.2) is 11.5 Å². The molecule has 1 aliphatic rings. The molecule has 1 unspecified atom stereocenters. The minimum atomic E-state index is -4.21. The van der Waals surface area contributed by atoms with Crippen LogP contribution in [0.1, 0.15) is 50.2 Å². The Morgan fingerprint density at radius 3 is 2.27 bits per heavy atom. The fourth-order valence-electron chi connectivity index (χ4n) is 5.33. The molecule has 0 aromatic heterocycles. The highest BCUT2D eigenvalue weighted by molar-refractivity contribution is 9.10. The molecule has 0 radical (unpaired) electrons. The van der Waals surface area contributed by atoms with Crippen molar-refractivity contribution < 1.29 is 27.5 Å². The van der Waals surface area contributed by atoms with Crippen LogP contribution >= 0.6 is 15.9 Å². The summed E-state index contributed by atoms with van der Waals surface area (Å²) >= 11 is 3.48. The van der Waals surface area contributed by atoms with Crippen molar-refractivity contribution in [3.05, 3.63) is 82.3 Å². The van der Waals surface area contributed by atoms with Crippen LogP contribution in [0.2, 0.25) is 0 Å². The monoisotopic (exact) mass is 685 g/mol. The SMILES string of the molecule is COc1ccc(N(CC(=O)N(Cc2cccc(Br)c2)C(C)C(=O)NC2CCCCC2)S(=O)(=O)c2ccc(C)cc2)cc1OC. The highest BCUT2D eigenvalue weighted by atomic mass is 79.9. The summed E-state index contributed by atoms with van der Waals surface area (Å²) in [6.45, 7) is 3.12. The van der Waals surface area contributed by atoms with Gasteiger partial charge in [0.25, 0.3) is 10.0 Å². The molecule has 0 bridgehead atoms. The number of nitrogens with zero attached hydrogens (tertiary/aromatic N) is 2. The number of anilines is 1. The van der Waals surface area contributed by atoms with Crippen LogP contribution in [0, 0.1) is 6.92 Å². The molecule has 11 heteroatoms. The molecule has 1 N–H and O–H groups in total. The Labute approximate surface area is 268 Å². The minimum absolute atomic E-state index is 0.0346. The van der Waals surface area contributed by atoms with Crippen LogP contribution in [0.25, 0.3) is 0 Å². The van der Waals surface area contributed by atoms with Gasteiger partial charge in [-0.25, -0.2) is 8.42 Å². The normalized spacial score (nSPS) is 14.4. The summed E-state index contributed by atoms with van der Waals surface area (Å²) in [6.07, 6.45) is 5.06. The molecule has 1 atom stereocenters. The molecule has 236 valence electrons. The van der Waals surface area contributed by atoms with Gasteiger partial charge in [-0.2, -0.15) is 0 Å². The summed E-state index contributed by atoms with van der Waals surface area (Å²) in [4.78, 5) is 29.2. The van der Waals surface area contributed by atoms with Crippen molar-refractivity contribution in [2.75, 3.05) is 25.1 Å². The lowest BCUT2D eigenvalue weighted by Gasteiger charge is -2.33. The van der Waals surface area contributed by atoms with E-state index in [2.05, 4.69) is 21.2 Å². The number of aryl methyl sites for hydroxylation is 1. The highest BCUT2D eigenvalue weighted by Gasteiger charge is 2.33. The van der Waals surface area contributed by atoms with Gasteiger partial charge in [-0.3, -0.25) is 13.9 Å². The van der Waals surface area contributed by atoms with E-state index in [9.17, 15) is 18.0 Å². The van der Waals surface area contributed by atoms with Crippen LogP contribution in [-0.4, -0.2) is 58.0 Å². The average molecular weight is 687 g/mol. The van der Waals surface area contributed by atoms with E-state index < -0.39 is 28.5 Å². The Morgan fingerprint density at radius 1 is 0.955 bits per heavy atom. The van der Waals surface area contributed by atoms with Crippen LogP contribution < -0.4 is 19.1 Å². The predicted molar refractivity (Wildman–Crippen MR) is 174 cm³/mol. The third-order valence-electron chi connectivity index (χ3n) is 7.90. The maximum atomic E-state index is 14.2. The Morgan fingerprint density at radius 2 is 1.64 bits per heavy atom. The number of sulfonamides is 1. The molecule has 3 aromatic carbocycles. The number of amides is 2. The number of halogens is 1. The van der Waals surface area contributed by atoms with Crippen molar-refractivity contribution in [2.24, 2.45) is 0 Å². The lowest BCUT2D eigenvalue weighted by Crippen LogP contribution is -2.53. The van der Waals surface area contributed by atoms with E-state index in [1.807, 2.05) is 31.2 Å². The summed E-state index contributed by atoms with van der Waals surface area (Å²) in [7, 11) is -1.27. The molecule has 1 fully saturated rings. The number of hydrogen-bond acceptors (Lipinski definition) is 6. The number of carbonyl (C=O) groups excluding carboxylic acids is 2. The summed E-state index contributed by atoms with van der Waals surface area (Å²) < 4.78 is 40.9. The first kappa shape index (κ1) is 33.3. The third-order valence-corrected chi connectivity index (χ3v) is 10.2. The first-order valence-corrected chi connectivity index (χ1v) is 16.9. The van der Waals surface area contributed by atoms with Crippen molar-refractivity contribution in [1.29, 1.82) is 0 Å². The summed E-state index contributed by atoms with van der Waals surface area (Å²) in [6, 6.07) is 17.8. The van der Waals surface area contributed by atoms with E-state index in [1.165, 1.54) is 37.3 Å². The first-order valence-electron chi connectivity index (χ1n) is 14.7. The standard InChI is InChI=1S/C33H40BrN3O6S/c1-23-13-16-29(17-14-23)44(40,41)37(28-15-18-30(42-3)31(20-28)43-4)22-32(38)36(21-25-9-8-10-26(34)19-25)24(2)33(39)35-27-11-6-5-7-12-27/h8-10,13-20,24,27H,5-7,11-12,21-22H2,1-4H3,(H,35,39). The van der Waals surface area contributed by atoms with Gasteiger partial charge >= 0.3 is 0 Å². The zero-order valence-electron chi connectivity index (χ0n) is 25.6. The van der Waals surface area contributed by atoms with Crippen molar-refractivity contribution in [2.45, 2.75) is 69.5 Å². The van der Waals surface area contributed by atoms with Crippen LogP contribution in [-0.2, 0) is 26.2 Å². The molecule has 2 amide bonds. The molecule has 44 heavy (non-hydrogen) atoms. The molecule has 0 spiro atoms. The molecule has 4 rings (SSSR count). The molecule has 1 saturated carbocycles. The Bertz CT molecular complexity index is 1560. The number of benzene rings is 3. The predicted octanol–water partition coefficient (Wildman–Crippen LogP) is 5.84. The molecule has 3 aromatic rings. The summed E-state index contributed by atoms with van der Waals surface area (Å²) in [5.74, 6) is -0.0617. The second-order valence-corrected chi connectivity index (χ2v) is 13.8. The molecule has 1 aliphatic carbocycles. The number of ether oxygens (including phenoxy) is 2. The van der Waals surface area contributed by atoms with Gasteiger partial charge in [0.1, 0.15) is 12.6 Å². The summed E-state index contributed by atoms with van der Waals surface area (Å²) in [5.41, 5.74) is 1.91. The van der Waals surface area contributed by atoms with E-state index in [0.29, 0.717) is 11.5 Å². The van der Waals surface area contributed by atoms with E-state index in [-0.39, 0.29) is 29.1 Å². The van der Waals surface area contributed by atoms with E-state index >= 15 is 0 Å². The third kappa shape index (κ3) is 8.12. The Balaban J connectivity index is 1.72. The van der Waals surface area contributed by atoms with Gasteiger partial charge in [0.2, 0.25) is 11.8 Å². The number of methoxy groups -OCH3 is 2. The lowest BCUT2D eigenvalue weighted by atomic mass is 9.95. The van der Waals surface area contributed by atoms with Gasteiger partial charge < -0.3 is 19.7 Å². The minimum Gasteiger partial charge on any atom is -0.493 e. The molecule has 9 nitrogen and oxygen atoms in total. The van der Waals surface area contributed by atoms with Crippen LogP contribution in [0.5, 0.6) is 11.5 Å². The van der Waals surface area contributed by atoms with Gasteiger partial charge in [0.05, 0.1) is 24.8 Å². The molecule has 0 aliphatic heterocycles. The number of hydrogen-bond donors (Lipinski definition) is 1. The second kappa shape index (κ2) is 14.9. The van der Waals surface area contributed by atoms with Gasteiger partial charge in [0, 0.05) is 23.1 Å². The zero-order valence-corrected chi connectivity index (χ0v) is 28.0. The smallest absolute Gasteiger partial charge is 0.264 e. The number of carbonyl (C=O) groups is 2. The average Bonchev–Trinajstić information content (AvgIpc) is 3.02. The maximum Gasteiger partial charge on any atom is 0.264 e. The first-order chi connectivity index (χ1) is 21.0. The molecule has 0 saturated heterocycles. The number of rotatable bonds is 12. The fraction of sp³-hybridized carbons (Fsp3) is 0.394.